The number of alkyl halides is 1. The molecule has 0 N–H and O–H groups in total. The fourth-order valence-corrected chi connectivity index (χ4v) is 4.73. The summed E-state index contributed by atoms with van der Waals surface area (Å²) in [5.41, 5.74) is 1.55. The normalized spacial score (nSPS) is 20.5. The van der Waals surface area contributed by atoms with Crippen molar-refractivity contribution in [1.82, 2.24) is 0 Å². The highest BCUT2D eigenvalue weighted by Gasteiger charge is 2.39. The van der Waals surface area contributed by atoms with Gasteiger partial charge in [0.05, 0.1) is 0 Å². The zero-order chi connectivity index (χ0) is 12.5. The van der Waals surface area contributed by atoms with E-state index in [1.54, 1.807) is 0 Å². The molecule has 1 atom stereocenters. The van der Waals surface area contributed by atoms with E-state index in [-0.39, 0.29) is 0 Å². The first-order chi connectivity index (χ1) is 8.09. The molecule has 1 aromatic rings. The van der Waals surface area contributed by atoms with Gasteiger partial charge in [-0.05, 0) is 42.4 Å². The summed E-state index contributed by atoms with van der Waals surface area (Å²) in [7, 11) is 0. The summed E-state index contributed by atoms with van der Waals surface area (Å²) in [5.74, 6) is 0. The summed E-state index contributed by atoms with van der Waals surface area (Å²) in [6.07, 6.45) is 6.45. The molecule has 0 nitrogen and oxygen atoms in total. The van der Waals surface area contributed by atoms with Crippen molar-refractivity contribution in [2.75, 3.05) is 0 Å². The van der Waals surface area contributed by atoms with E-state index in [4.69, 9.17) is 23.2 Å². The van der Waals surface area contributed by atoms with Crippen LogP contribution in [0.4, 0.5) is 0 Å². The molecule has 17 heavy (non-hydrogen) atoms. The molecule has 0 radical (unpaired) electrons. The van der Waals surface area contributed by atoms with Gasteiger partial charge in [0.15, 0.2) is 0 Å². The van der Waals surface area contributed by atoms with E-state index in [1.807, 2.05) is 12.1 Å². The predicted molar refractivity (Wildman–Crippen MR) is 79.3 cm³/mol. The lowest BCUT2D eigenvalue weighted by molar-refractivity contribution is 0.279. The molecule has 2 rings (SSSR count). The molecule has 0 heterocycles. The lowest BCUT2D eigenvalue weighted by Gasteiger charge is -2.34. The molecule has 94 valence electrons. The van der Waals surface area contributed by atoms with E-state index < -0.39 is 0 Å². The summed E-state index contributed by atoms with van der Waals surface area (Å²) in [6.45, 7) is 2.28. The third-order valence-electron chi connectivity index (χ3n) is 4.08. The highest BCUT2D eigenvalue weighted by atomic mass is 79.9. The van der Waals surface area contributed by atoms with Gasteiger partial charge >= 0.3 is 0 Å². The van der Waals surface area contributed by atoms with E-state index in [0.29, 0.717) is 15.3 Å². The Bertz CT molecular complexity index is 397. The third-order valence-corrected chi connectivity index (χ3v) is 6.10. The fraction of sp³-hybridized carbons (Fsp3) is 0.571. The topological polar surface area (TPSA) is 0 Å². The van der Waals surface area contributed by atoms with E-state index in [2.05, 4.69) is 28.9 Å². The fourth-order valence-electron chi connectivity index (χ4n) is 2.90. The Kier molecular flexibility index (Phi) is 4.44. The zero-order valence-electron chi connectivity index (χ0n) is 9.98. The number of rotatable bonds is 3. The molecule has 0 saturated heterocycles. The van der Waals surface area contributed by atoms with Gasteiger partial charge in [0.1, 0.15) is 0 Å². The van der Waals surface area contributed by atoms with Crippen molar-refractivity contribution in [2.45, 2.75) is 43.9 Å². The van der Waals surface area contributed by atoms with Gasteiger partial charge in [0.2, 0.25) is 0 Å². The average molecular weight is 336 g/mol. The van der Waals surface area contributed by atoms with E-state index in [1.165, 1.54) is 37.7 Å². The molecule has 0 aromatic heterocycles. The van der Waals surface area contributed by atoms with E-state index >= 15 is 0 Å². The number of hydrogen-bond acceptors (Lipinski definition) is 0. The molecule has 1 unspecified atom stereocenters. The lowest BCUT2D eigenvalue weighted by atomic mass is 9.77. The summed E-state index contributed by atoms with van der Waals surface area (Å²) >= 11 is 16.1. The van der Waals surface area contributed by atoms with Crippen LogP contribution in [-0.2, 0) is 0 Å². The van der Waals surface area contributed by atoms with Crippen molar-refractivity contribution in [1.29, 1.82) is 0 Å². The molecule has 3 heteroatoms. The Morgan fingerprint density at radius 1 is 1.29 bits per heavy atom. The smallest absolute Gasteiger partial charge is 0.0466 e. The third kappa shape index (κ3) is 2.67. The van der Waals surface area contributed by atoms with Crippen LogP contribution in [0, 0.1) is 5.41 Å². The Balaban J connectivity index is 2.32. The second-order valence-corrected chi connectivity index (χ2v) is 6.71. The molecule has 1 aliphatic rings. The largest absolute Gasteiger partial charge is 0.0843 e. The Morgan fingerprint density at radius 2 is 1.94 bits per heavy atom. The summed E-state index contributed by atoms with van der Waals surface area (Å²) < 4.78 is 0. The summed E-state index contributed by atoms with van der Waals surface area (Å²) in [4.78, 5) is 0.340. The highest BCUT2D eigenvalue weighted by molar-refractivity contribution is 9.09. The van der Waals surface area contributed by atoms with Gasteiger partial charge in [-0.2, -0.15) is 0 Å². The van der Waals surface area contributed by atoms with Crippen molar-refractivity contribution >= 4 is 39.1 Å². The highest BCUT2D eigenvalue weighted by Crippen LogP contribution is 2.55. The second kappa shape index (κ2) is 5.50. The Morgan fingerprint density at radius 3 is 2.47 bits per heavy atom. The summed E-state index contributed by atoms with van der Waals surface area (Å²) in [5, 5.41) is 1.48. The Hall–Kier alpha value is 0.280. The predicted octanol–water partition coefficient (Wildman–Crippen LogP) is 6.40. The van der Waals surface area contributed by atoms with Crippen LogP contribution in [0.15, 0.2) is 18.2 Å². The van der Waals surface area contributed by atoms with Gasteiger partial charge in [0.25, 0.3) is 0 Å². The van der Waals surface area contributed by atoms with Crippen molar-refractivity contribution in [3.05, 3.63) is 33.8 Å². The van der Waals surface area contributed by atoms with Crippen LogP contribution in [0.1, 0.15) is 49.4 Å². The van der Waals surface area contributed by atoms with Gasteiger partial charge in [-0.3, -0.25) is 0 Å². The van der Waals surface area contributed by atoms with Crippen LogP contribution in [0.25, 0.3) is 0 Å². The van der Waals surface area contributed by atoms with Crippen LogP contribution >= 0.6 is 39.1 Å². The average Bonchev–Trinajstić information content (AvgIpc) is 2.78. The first-order valence-corrected chi connectivity index (χ1v) is 7.85. The first-order valence-electron chi connectivity index (χ1n) is 6.18. The van der Waals surface area contributed by atoms with Crippen molar-refractivity contribution < 1.29 is 0 Å². The van der Waals surface area contributed by atoms with Crippen molar-refractivity contribution in [3.63, 3.8) is 0 Å². The maximum atomic E-state index is 6.31. The minimum absolute atomic E-state index is 0.340. The summed E-state index contributed by atoms with van der Waals surface area (Å²) in [6, 6.07) is 5.82. The van der Waals surface area contributed by atoms with Crippen LogP contribution in [0.5, 0.6) is 0 Å². The van der Waals surface area contributed by atoms with Gasteiger partial charge in [-0.1, -0.05) is 65.0 Å². The van der Waals surface area contributed by atoms with Crippen LogP contribution in [-0.4, -0.2) is 0 Å². The minimum Gasteiger partial charge on any atom is -0.0843 e. The molecular formula is C14H17BrCl2. The number of halogens is 3. The van der Waals surface area contributed by atoms with E-state index in [0.717, 1.165) is 5.02 Å². The number of benzene rings is 1. The molecule has 1 fully saturated rings. The zero-order valence-corrected chi connectivity index (χ0v) is 13.1. The van der Waals surface area contributed by atoms with Crippen LogP contribution in [0.2, 0.25) is 10.0 Å². The first kappa shape index (κ1) is 13.7. The molecule has 0 amide bonds. The quantitative estimate of drug-likeness (QED) is 0.560. The number of hydrogen-bond donors (Lipinski definition) is 0. The lowest BCUT2D eigenvalue weighted by Crippen LogP contribution is -2.21. The molecular weight excluding hydrogens is 319 g/mol. The SMILES string of the molecule is CCC1(C(Br)c2ccc(Cl)cc2Cl)CCCC1. The molecule has 0 aliphatic heterocycles. The Labute approximate surface area is 122 Å². The minimum atomic E-state index is 0.340. The van der Waals surface area contributed by atoms with Gasteiger partial charge in [-0.15, -0.1) is 0 Å². The van der Waals surface area contributed by atoms with Crippen LogP contribution < -0.4 is 0 Å². The molecule has 0 bridgehead atoms. The maximum Gasteiger partial charge on any atom is 0.0466 e. The van der Waals surface area contributed by atoms with Gasteiger partial charge < -0.3 is 0 Å². The van der Waals surface area contributed by atoms with Crippen LogP contribution in [0.3, 0.4) is 0 Å². The maximum absolute atomic E-state index is 6.31. The van der Waals surface area contributed by atoms with Gasteiger partial charge in [-0.25, -0.2) is 0 Å². The molecule has 1 aliphatic carbocycles. The molecule has 1 saturated carbocycles. The van der Waals surface area contributed by atoms with Crippen molar-refractivity contribution in [3.8, 4) is 0 Å². The standard InChI is InChI=1S/C14H17BrCl2/c1-2-14(7-3-4-8-14)13(15)11-6-5-10(16)9-12(11)17/h5-6,9,13H,2-4,7-8H2,1H3. The monoisotopic (exact) mass is 334 g/mol. The molecule has 0 spiro atoms. The second-order valence-electron chi connectivity index (χ2n) is 4.95. The van der Waals surface area contributed by atoms with Crippen molar-refractivity contribution in [2.24, 2.45) is 5.41 Å². The molecule has 1 aromatic carbocycles. The van der Waals surface area contributed by atoms with Gasteiger partial charge in [0, 0.05) is 14.9 Å². The van der Waals surface area contributed by atoms with E-state index in [9.17, 15) is 0 Å².